The van der Waals surface area contributed by atoms with Crippen LogP contribution < -0.4 is 16.0 Å². The highest BCUT2D eigenvalue weighted by Gasteiger charge is 2.17. The van der Waals surface area contributed by atoms with Gasteiger partial charge in [0.2, 0.25) is 5.91 Å². The molecule has 2 aromatic rings. The summed E-state index contributed by atoms with van der Waals surface area (Å²) < 4.78 is 5.14. The Labute approximate surface area is 196 Å². The molecule has 0 radical (unpaired) electrons. The Hall–Kier alpha value is -3.35. The van der Waals surface area contributed by atoms with Gasteiger partial charge in [-0.25, -0.2) is 4.79 Å². The van der Waals surface area contributed by atoms with E-state index in [4.69, 9.17) is 4.74 Å². The highest BCUT2D eigenvalue weighted by Crippen LogP contribution is 2.23. The minimum absolute atomic E-state index is 0.0161. The van der Waals surface area contributed by atoms with Crippen LogP contribution in [0.25, 0.3) is 0 Å². The van der Waals surface area contributed by atoms with E-state index in [1.165, 1.54) is 0 Å². The lowest BCUT2D eigenvalue weighted by atomic mass is 9.87. The van der Waals surface area contributed by atoms with Gasteiger partial charge < -0.3 is 20.7 Å². The number of anilines is 1. The van der Waals surface area contributed by atoms with E-state index < -0.39 is 11.7 Å². The molecule has 2 rings (SSSR count). The molecule has 0 aliphatic heterocycles. The summed E-state index contributed by atoms with van der Waals surface area (Å²) in [5.41, 5.74) is 2.57. The van der Waals surface area contributed by atoms with Crippen LogP contribution >= 0.6 is 0 Å². The van der Waals surface area contributed by atoms with E-state index in [-0.39, 0.29) is 36.7 Å². The van der Waals surface area contributed by atoms with Gasteiger partial charge in [-0.05, 0) is 55.5 Å². The molecule has 7 heteroatoms. The molecule has 0 saturated carbocycles. The quantitative estimate of drug-likeness (QED) is 0.563. The Bertz CT molecular complexity index is 970. The molecule has 0 aliphatic rings. The van der Waals surface area contributed by atoms with E-state index in [1.54, 1.807) is 26.8 Å². The van der Waals surface area contributed by atoms with Gasteiger partial charge in [0.1, 0.15) is 5.60 Å². The second-order valence-corrected chi connectivity index (χ2v) is 9.89. The molecule has 0 fully saturated rings. The maximum atomic E-state index is 12.7. The first-order valence-corrected chi connectivity index (χ1v) is 11.1. The molecule has 178 valence electrons. The molecule has 0 saturated heterocycles. The number of amides is 3. The minimum atomic E-state index is -0.588. The Morgan fingerprint density at radius 3 is 2.09 bits per heavy atom. The van der Waals surface area contributed by atoms with Gasteiger partial charge in [0.05, 0.1) is 0 Å². The van der Waals surface area contributed by atoms with E-state index in [9.17, 15) is 14.4 Å². The summed E-state index contributed by atoms with van der Waals surface area (Å²) in [7, 11) is 0. The molecule has 0 aliphatic carbocycles. The average molecular weight is 454 g/mol. The molecule has 0 unspecified atom stereocenters. The lowest BCUT2D eigenvalue weighted by Gasteiger charge is -2.19. The van der Waals surface area contributed by atoms with Crippen molar-refractivity contribution in [2.24, 2.45) is 0 Å². The fourth-order valence-electron chi connectivity index (χ4n) is 2.99. The van der Waals surface area contributed by atoms with E-state index in [0.717, 1.165) is 11.1 Å². The summed E-state index contributed by atoms with van der Waals surface area (Å²) >= 11 is 0. The Kier molecular flexibility index (Phi) is 8.63. The Morgan fingerprint density at radius 2 is 1.48 bits per heavy atom. The zero-order valence-electron chi connectivity index (χ0n) is 20.4. The van der Waals surface area contributed by atoms with Crippen LogP contribution in [0, 0.1) is 0 Å². The molecule has 0 atom stereocenters. The van der Waals surface area contributed by atoms with Gasteiger partial charge in [0.25, 0.3) is 5.91 Å². The second-order valence-electron chi connectivity index (χ2n) is 9.89. The van der Waals surface area contributed by atoms with Gasteiger partial charge in [-0.2, -0.15) is 0 Å². The van der Waals surface area contributed by atoms with Gasteiger partial charge >= 0.3 is 6.09 Å². The van der Waals surface area contributed by atoms with Crippen LogP contribution in [0.3, 0.4) is 0 Å². The first-order chi connectivity index (χ1) is 15.3. The van der Waals surface area contributed by atoms with Crippen molar-refractivity contribution < 1.29 is 19.1 Å². The number of nitrogens with one attached hydrogen (secondary N) is 3. The van der Waals surface area contributed by atoms with E-state index in [2.05, 4.69) is 36.7 Å². The van der Waals surface area contributed by atoms with Crippen LogP contribution in [0.2, 0.25) is 0 Å². The maximum Gasteiger partial charge on any atom is 0.407 e. The van der Waals surface area contributed by atoms with Crippen LogP contribution in [0.1, 0.15) is 69.4 Å². The number of benzene rings is 2. The largest absolute Gasteiger partial charge is 0.444 e. The van der Waals surface area contributed by atoms with E-state index in [1.807, 2.05) is 42.5 Å². The summed E-state index contributed by atoms with van der Waals surface area (Å²) in [6.07, 6.45) is -0.438. The van der Waals surface area contributed by atoms with Crippen molar-refractivity contribution >= 4 is 23.6 Å². The lowest BCUT2D eigenvalue weighted by Crippen LogP contribution is -2.35. The Morgan fingerprint density at radius 1 is 0.848 bits per heavy atom. The molecular formula is C26H35N3O4. The smallest absolute Gasteiger partial charge is 0.407 e. The van der Waals surface area contributed by atoms with Crippen molar-refractivity contribution in [3.05, 3.63) is 65.2 Å². The van der Waals surface area contributed by atoms with Crippen LogP contribution in [0.5, 0.6) is 0 Å². The van der Waals surface area contributed by atoms with Crippen LogP contribution in [0.15, 0.2) is 48.5 Å². The van der Waals surface area contributed by atoms with Gasteiger partial charge in [0, 0.05) is 30.8 Å². The molecule has 3 N–H and O–H groups in total. The molecule has 0 aromatic heterocycles. The van der Waals surface area contributed by atoms with Crippen LogP contribution in [-0.2, 0) is 21.5 Å². The van der Waals surface area contributed by atoms with E-state index >= 15 is 0 Å². The van der Waals surface area contributed by atoms with Crippen molar-refractivity contribution in [1.82, 2.24) is 10.6 Å². The number of carbonyl (C=O) groups is 3. The van der Waals surface area contributed by atoms with Crippen LogP contribution in [0.4, 0.5) is 10.5 Å². The van der Waals surface area contributed by atoms with E-state index in [0.29, 0.717) is 11.3 Å². The number of alkyl carbamates (subject to hydrolysis) is 1. The predicted molar refractivity (Wildman–Crippen MR) is 130 cm³/mol. The zero-order valence-corrected chi connectivity index (χ0v) is 20.4. The monoisotopic (exact) mass is 453 g/mol. The SMILES string of the molecule is CC(C)(C)OC(=O)NCCC(=O)NCc1ccccc1NC(=O)c1ccc(C(C)(C)C)cc1. The third-order valence-corrected chi connectivity index (χ3v) is 4.77. The van der Waals surface area contributed by atoms with Gasteiger partial charge in [-0.15, -0.1) is 0 Å². The number of hydrogen-bond acceptors (Lipinski definition) is 4. The number of ether oxygens (including phenoxy) is 1. The third kappa shape index (κ3) is 8.96. The Balaban J connectivity index is 1.89. The summed E-state index contributed by atoms with van der Waals surface area (Å²) in [5, 5.41) is 8.30. The van der Waals surface area contributed by atoms with Crippen molar-refractivity contribution in [2.75, 3.05) is 11.9 Å². The second kappa shape index (κ2) is 11.0. The van der Waals surface area contributed by atoms with Gasteiger partial charge in [0.15, 0.2) is 0 Å². The standard InChI is InChI=1S/C26H35N3O4/c1-25(2,3)20-13-11-18(12-14-20)23(31)29-21-10-8-7-9-19(21)17-28-22(30)15-16-27-24(32)33-26(4,5)6/h7-14H,15-17H2,1-6H3,(H,27,32)(H,28,30)(H,29,31). The lowest BCUT2D eigenvalue weighted by molar-refractivity contribution is -0.121. The topological polar surface area (TPSA) is 96.5 Å². The van der Waals surface area contributed by atoms with Gasteiger partial charge in [-0.3, -0.25) is 9.59 Å². The van der Waals surface area contributed by atoms with Crippen molar-refractivity contribution in [2.45, 2.75) is 65.5 Å². The zero-order chi connectivity index (χ0) is 24.6. The summed E-state index contributed by atoms with van der Waals surface area (Å²) in [4.78, 5) is 36.5. The normalized spacial score (nSPS) is 11.5. The first-order valence-electron chi connectivity index (χ1n) is 11.1. The maximum absolute atomic E-state index is 12.7. The average Bonchev–Trinajstić information content (AvgIpc) is 2.71. The summed E-state index contributed by atoms with van der Waals surface area (Å²) in [6, 6.07) is 14.9. The predicted octanol–water partition coefficient (Wildman–Crippen LogP) is 4.77. The number of carbonyl (C=O) groups excluding carboxylic acids is 3. The first kappa shape index (κ1) is 25.9. The van der Waals surface area contributed by atoms with Crippen molar-refractivity contribution in [1.29, 1.82) is 0 Å². The fraction of sp³-hybridized carbons (Fsp3) is 0.423. The number of rotatable bonds is 7. The third-order valence-electron chi connectivity index (χ3n) is 4.77. The highest BCUT2D eigenvalue weighted by molar-refractivity contribution is 6.04. The molecule has 2 aromatic carbocycles. The molecule has 33 heavy (non-hydrogen) atoms. The minimum Gasteiger partial charge on any atom is -0.444 e. The number of hydrogen-bond donors (Lipinski definition) is 3. The summed E-state index contributed by atoms with van der Waals surface area (Å²) in [5.74, 6) is -0.430. The highest BCUT2D eigenvalue weighted by atomic mass is 16.6. The fourth-order valence-corrected chi connectivity index (χ4v) is 2.99. The van der Waals surface area contributed by atoms with Crippen LogP contribution in [-0.4, -0.2) is 30.1 Å². The van der Waals surface area contributed by atoms with Crippen molar-refractivity contribution in [3.8, 4) is 0 Å². The molecule has 0 spiro atoms. The molecule has 3 amide bonds. The molecule has 0 heterocycles. The number of para-hydroxylation sites is 1. The summed E-state index contributed by atoms with van der Waals surface area (Å²) in [6.45, 7) is 12.1. The van der Waals surface area contributed by atoms with Gasteiger partial charge in [-0.1, -0.05) is 51.1 Å². The molecule has 7 nitrogen and oxygen atoms in total. The molecule has 0 bridgehead atoms. The van der Waals surface area contributed by atoms with Crippen molar-refractivity contribution in [3.63, 3.8) is 0 Å². The molecular weight excluding hydrogens is 418 g/mol.